The second-order valence-corrected chi connectivity index (χ2v) is 5.34. The van der Waals surface area contributed by atoms with Gasteiger partial charge in [-0.25, -0.2) is 4.79 Å². The third-order valence-corrected chi connectivity index (χ3v) is 3.60. The Kier molecular flexibility index (Phi) is 4.32. The van der Waals surface area contributed by atoms with Gasteiger partial charge in [-0.15, -0.1) is 0 Å². The SMILES string of the molecule is CC1CC(OC(=O)c2cccc(N)c2Cl)CC(C)O1. The molecule has 1 aliphatic heterocycles. The molecule has 104 valence electrons. The maximum absolute atomic E-state index is 12.1. The van der Waals surface area contributed by atoms with Crippen molar-refractivity contribution in [3.05, 3.63) is 28.8 Å². The Morgan fingerprint density at radius 3 is 2.63 bits per heavy atom. The monoisotopic (exact) mass is 283 g/mol. The fourth-order valence-electron chi connectivity index (χ4n) is 2.36. The van der Waals surface area contributed by atoms with Gasteiger partial charge < -0.3 is 15.2 Å². The van der Waals surface area contributed by atoms with Crippen LogP contribution >= 0.6 is 11.6 Å². The molecule has 0 radical (unpaired) electrons. The standard InChI is InChI=1S/C14H18ClNO3/c1-8-6-10(7-9(2)18-8)19-14(17)11-4-3-5-12(16)13(11)15/h3-5,8-10H,6-7,16H2,1-2H3. The van der Waals surface area contributed by atoms with Crippen LogP contribution in [-0.2, 0) is 9.47 Å². The van der Waals surface area contributed by atoms with Crippen molar-refractivity contribution in [2.24, 2.45) is 0 Å². The van der Waals surface area contributed by atoms with Crippen LogP contribution in [-0.4, -0.2) is 24.3 Å². The third-order valence-electron chi connectivity index (χ3n) is 3.18. The van der Waals surface area contributed by atoms with Crippen molar-refractivity contribution in [3.63, 3.8) is 0 Å². The van der Waals surface area contributed by atoms with Gasteiger partial charge in [-0.1, -0.05) is 17.7 Å². The lowest BCUT2D eigenvalue weighted by Gasteiger charge is -2.31. The van der Waals surface area contributed by atoms with Crippen molar-refractivity contribution in [2.75, 3.05) is 5.73 Å². The van der Waals surface area contributed by atoms with Gasteiger partial charge in [-0.2, -0.15) is 0 Å². The van der Waals surface area contributed by atoms with Gasteiger partial charge in [0.2, 0.25) is 0 Å². The minimum Gasteiger partial charge on any atom is -0.459 e. The zero-order valence-electron chi connectivity index (χ0n) is 11.1. The number of hydrogen-bond donors (Lipinski definition) is 1. The van der Waals surface area contributed by atoms with Gasteiger partial charge in [0.25, 0.3) is 0 Å². The van der Waals surface area contributed by atoms with Crippen LogP contribution in [0.2, 0.25) is 5.02 Å². The summed E-state index contributed by atoms with van der Waals surface area (Å²) in [5.74, 6) is -0.427. The van der Waals surface area contributed by atoms with E-state index in [4.69, 9.17) is 26.8 Å². The second-order valence-electron chi connectivity index (χ2n) is 4.96. The molecule has 4 nitrogen and oxygen atoms in total. The number of benzene rings is 1. The molecule has 1 aromatic rings. The maximum Gasteiger partial charge on any atom is 0.340 e. The molecule has 0 aliphatic carbocycles. The predicted molar refractivity (Wildman–Crippen MR) is 74.3 cm³/mol. The van der Waals surface area contributed by atoms with E-state index in [1.807, 2.05) is 13.8 Å². The molecular formula is C14H18ClNO3. The van der Waals surface area contributed by atoms with Gasteiger partial charge in [0.05, 0.1) is 28.5 Å². The van der Waals surface area contributed by atoms with Crippen LogP contribution in [0.15, 0.2) is 18.2 Å². The number of halogens is 1. The summed E-state index contributed by atoms with van der Waals surface area (Å²) in [6, 6.07) is 4.96. The largest absolute Gasteiger partial charge is 0.459 e. The van der Waals surface area contributed by atoms with E-state index in [1.165, 1.54) is 0 Å². The normalized spacial score (nSPS) is 27.0. The minimum atomic E-state index is -0.427. The van der Waals surface area contributed by atoms with Gasteiger partial charge in [0.1, 0.15) is 6.10 Å². The van der Waals surface area contributed by atoms with Crippen LogP contribution in [0.5, 0.6) is 0 Å². The van der Waals surface area contributed by atoms with Crippen molar-refractivity contribution >= 4 is 23.3 Å². The Balaban J connectivity index is 2.06. The predicted octanol–water partition coefficient (Wildman–Crippen LogP) is 3.04. The summed E-state index contributed by atoms with van der Waals surface area (Å²) in [4.78, 5) is 12.1. The number of carbonyl (C=O) groups is 1. The first-order valence-electron chi connectivity index (χ1n) is 6.37. The number of nitrogens with two attached hydrogens (primary N) is 1. The van der Waals surface area contributed by atoms with Crippen LogP contribution in [0, 0.1) is 0 Å². The molecule has 0 spiro atoms. The summed E-state index contributed by atoms with van der Waals surface area (Å²) >= 11 is 6.01. The summed E-state index contributed by atoms with van der Waals surface area (Å²) in [6.07, 6.45) is 1.46. The van der Waals surface area contributed by atoms with Gasteiger partial charge in [0.15, 0.2) is 0 Å². The van der Waals surface area contributed by atoms with Gasteiger partial charge in [0, 0.05) is 12.8 Å². The molecule has 0 bridgehead atoms. The van der Waals surface area contributed by atoms with Crippen LogP contribution in [0.1, 0.15) is 37.0 Å². The number of ether oxygens (including phenoxy) is 2. The first-order chi connectivity index (χ1) is 8.97. The van der Waals surface area contributed by atoms with E-state index < -0.39 is 5.97 Å². The molecular weight excluding hydrogens is 266 g/mol. The van der Waals surface area contributed by atoms with Crippen LogP contribution < -0.4 is 5.73 Å². The fourth-order valence-corrected chi connectivity index (χ4v) is 2.57. The summed E-state index contributed by atoms with van der Waals surface area (Å²) in [7, 11) is 0. The van der Waals surface area contributed by atoms with E-state index in [9.17, 15) is 4.79 Å². The number of rotatable bonds is 2. The Labute approximate surface area is 117 Å². The van der Waals surface area contributed by atoms with Crippen molar-refractivity contribution in [1.29, 1.82) is 0 Å². The molecule has 2 rings (SSSR count). The first-order valence-corrected chi connectivity index (χ1v) is 6.75. The quantitative estimate of drug-likeness (QED) is 0.669. The van der Waals surface area contributed by atoms with Crippen LogP contribution in [0.4, 0.5) is 5.69 Å². The van der Waals surface area contributed by atoms with Gasteiger partial charge in [-0.3, -0.25) is 0 Å². The molecule has 0 saturated carbocycles. The Morgan fingerprint density at radius 2 is 2.00 bits per heavy atom. The van der Waals surface area contributed by atoms with Gasteiger partial charge >= 0.3 is 5.97 Å². The van der Waals surface area contributed by atoms with Crippen molar-refractivity contribution in [1.82, 2.24) is 0 Å². The second kappa shape index (κ2) is 5.80. The molecule has 1 heterocycles. The average Bonchev–Trinajstić information content (AvgIpc) is 2.31. The minimum absolute atomic E-state index is 0.0952. The maximum atomic E-state index is 12.1. The summed E-state index contributed by atoms with van der Waals surface area (Å²) in [6.45, 7) is 3.95. The molecule has 2 unspecified atom stereocenters. The van der Waals surface area contributed by atoms with Crippen LogP contribution in [0.3, 0.4) is 0 Å². The molecule has 19 heavy (non-hydrogen) atoms. The molecule has 1 aromatic carbocycles. The molecule has 0 amide bonds. The highest BCUT2D eigenvalue weighted by atomic mass is 35.5. The van der Waals surface area contributed by atoms with Crippen molar-refractivity contribution < 1.29 is 14.3 Å². The Bertz CT molecular complexity index is 468. The van der Waals surface area contributed by atoms with E-state index in [0.717, 1.165) is 0 Å². The van der Waals surface area contributed by atoms with E-state index in [-0.39, 0.29) is 23.3 Å². The number of esters is 1. The Hall–Kier alpha value is -1.26. The smallest absolute Gasteiger partial charge is 0.340 e. The molecule has 0 aromatic heterocycles. The van der Waals surface area contributed by atoms with E-state index in [2.05, 4.69) is 0 Å². The first kappa shape index (κ1) is 14.2. The topological polar surface area (TPSA) is 61.5 Å². The lowest BCUT2D eigenvalue weighted by molar-refractivity contribution is -0.0855. The van der Waals surface area contributed by atoms with Gasteiger partial charge in [-0.05, 0) is 26.0 Å². The highest BCUT2D eigenvalue weighted by Gasteiger charge is 2.28. The average molecular weight is 284 g/mol. The summed E-state index contributed by atoms with van der Waals surface area (Å²) in [5.41, 5.74) is 6.37. The summed E-state index contributed by atoms with van der Waals surface area (Å²) in [5, 5.41) is 0.251. The molecule has 2 atom stereocenters. The number of anilines is 1. The molecule has 1 aliphatic rings. The van der Waals surface area contributed by atoms with E-state index in [0.29, 0.717) is 24.1 Å². The zero-order chi connectivity index (χ0) is 14.0. The molecule has 5 heteroatoms. The Morgan fingerprint density at radius 1 is 1.37 bits per heavy atom. The third kappa shape index (κ3) is 3.39. The van der Waals surface area contributed by atoms with Crippen molar-refractivity contribution in [3.8, 4) is 0 Å². The highest BCUT2D eigenvalue weighted by molar-refractivity contribution is 6.36. The lowest BCUT2D eigenvalue weighted by Crippen LogP contribution is -2.35. The number of nitrogen functional groups attached to an aromatic ring is 1. The number of hydrogen-bond acceptors (Lipinski definition) is 4. The highest BCUT2D eigenvalue weighted by Crippen LogP contribution is 2.26. The molecule has 1 saturated heterocycles. The van der Waals surface area contributed by atoms with E-state index >= 15 is 0 Å². The molecule has 1 fully saturated rings. The fraction of sp³-hybridized carbons (Fsp3) is 0.500. The lowest BCUT2D eigenvalue weighted by atomic mass is 10.0. The van der Waals surface area contributed by atoms with Crippen molar-refractivity contribution in [2.45, 2.75) is 45.0 Å². The zero-order valence-corrected chi connectivity index (χ0v) is 11.8. The molecule has 2 N–H and O–H groups in total. The summed E-state index contributed by atoms with van der Waals surface area (Å²) < 4.78 is 11.1. The number of carbonyl (C=O) groups excluding carboxylic acids is 1. The van der Waals surface area contributed by atoms with Crippen LogP contribution in [0.25, 0.3) is 0 Å². The van der Waals surface area contributed by atoms with E-state index in [1.54, 1.807) is 18.2 Å².